The molecule has 6 atom stereocenters. The van der Waals surface area contributed by atoms with E-state index in [2.05, 4.69) is 0 Å². The van der Waals surface area contributed by atoms with Gasteiger partial charge in [-0.05, 0) is 18.9 Å². The van der Waals surface area contributed by atoms with Crippen LogP contribution in [0.4, 0.5) is 4.39 Å². The quantitative estimate of drug-likeness (QED) is 0.759. The van der Waals surface area contributed by atoms with Gasteiger partial charge in [-0.3, -0.25) is 4.79 Å². The molecule has 1 unspecified atom stereocenters. The fraction of sp³-hybridized carbons (Fsp3) is 0.500. The molecule has 0 spiro atoms. The van der Waals surface area contributed by atoms with Crippen LogP contribution in [0.1, 0.15) is 24.2 Å². The third-order valence-electron chi connectivity index (χ3n) is 5.14. The van der Waals surface area contributed by atoms with Crippen LogP contribution >= 0.6 is 11.8 Å². The summed E-state index contributed by atoms with van der Waals surface area (Å²) in [4.78, 5) is 22.8. The number of carboxylic acid groups (broad SMARTS) is 2. The van der Waals surface area contributed by atoms with E-state index in [1.165, 1.54) is 11.8 Å². The van der Waals surface area contributed by atoms with Gasteiger partial charge >= 0.3 is 11.9 Å². The van der Waals surface area contributed by atoms with E-state index in [1.807, 2.05) is 37.3 Å². The van der Waals surface area contributed by atoms with Crippen molar-refractivity contribution < 1.29 is 24.2 Å². The molecule has 124 valence electrons. The number of hydrogen-bond acceptors (Lipinski definition) is 4. The zero-order valence-corrected chi connectivity index (χ0v) is 13.3. The minimum atomic E-state index is -2.50. The van der Waals surface area contributed by atoms with Crippen LogP contribution < -0.4 is 5.73 Å². The molecule has 4 N–H and O–H groups in total. The zero-order chi connectivity index (χ0) is 17.0. The van der Waals surface area contributed by atoms with Gasteiger partial charge in [-0.25, -0.2) is 9.18 Å². The van der Waals surface area contributed by atoms with Crippen LogP contribution in [0.2, 0.25) is 0 Å². The lowest BCUT2D eigenvalue weighted by atomic mass is 9.90. The second-order valence-electron chi connectivity index (χ2n) is 6.31. The van der Waals surface area contributed by atoms with E-state index in [1.54, 1.807) is 0 Å². The Morgan fingerprint density at radius 3 is 2.43 bits per heavy atom. The summed E-state index contributed by atoms with van der Waals surface area (Å²) in [5.74, 6) is -4.92. The molecule has 0 heterocycles. The molecule has 23 heavy (non-hydrogen) atoms. The predicted molar refractivity (Wildman–Crippen MR) is 83.9 cm³/mol. The van der Waals surface area contributed by atoms with E-state index in [0.29, 0.717) is 0 Å². The number of carboxylic acids is 2. The van der Waals surface area contributed by atoms with Crippen molar-refractivity contribution in [2.45, 2.75) is 35.1 Å². The predicted octanol–water partition coefficient (Wildman–Crippen LogP) is 2.07. The van der Waals surface area contributed by atoms with Crippen LogP contribution in [0.5, 0.6) is 0 Å². The summed E-state index contributed by atoms with van der Waals surface area (Å²) in [7, 11) is 0. The average molecular weight is 339 g/mol. The Morgan fingerprint density at radius 1 is 1.30 bits per heavy atom. The van der Waals surface area contributed by atoms with Crippen LogP contribution in [0.25, 0.3) is 0 Å². The zero-order valence-electron chi connectivity index (χ0n) is 12.5. The second-order valence-corrected chi connectivity index (χ2v) is 7.86. The van der Waals surface area contributed by atoms with Crippen LogP contribution in [0, 0.1) is 11.8 Å². The minimum Gasteiger partial charge on any atom is -0.480 e. The Balaban J connectivity index is 1.82. The molecule has 3 rings (SSSR count). The highest BCUT2D eigenvalue weighted by atomic mass is 32.2. The number of carbonyl (C=O) groups is 2. The molecule has 5 nitrogen and oxygen atoms in total. The second kappa shape index (κ2) is 5.21. The molecule has 2 aliphatic rings. The van der Waals surface area contributed by atoms with Gasteiger partial charge in [0, 0.05) is 22.3 Å². The molecule has 0 radical (unpaired) electrons. The highest BCUT2D eigenvalue weighted by Crippen LogP contribution is 2.69. The van der Waals surface area contributed by atoms with Crippen molar-refractivity contribution in [1.29, 1.82) is 0 Å². The summed E-state index contributed by atoms with van der Waals surface area (Å²) in [5.41, 5.74) is 2.72. The molecule has 0 saturated heterocycles. The number of benzene rings is 1. The number of nitrogens with two attached hydrogens (primary N) is 1. The Labute approximate surface area is 137 Å². The van der Waals surface area contributed by atoms with Gasteiger partial charge in [0.05, 0.1) is 0 Å². The van der Waals surface area contributed by atoms with E-state index in [-0.39, 0.29) is 11.7 Å². The molecule has 0 bridgehead atoms. The Kier molecular flexibility index (Phi) is 3.68. The van der Waals surface area contributed by atoms with Crippen molar-refractivity contribution in [3.63, 3.8) is 0 Å². The molecule has 0 amide bonds. The lowest BCUT2D eigenvalue weighted by Crippen LogP contribution is -2.58. The lowest BCUT2D eigenvalue weighted by molar-refractivity contribution is -0.149. The van der Waals surface area contributed by atoms with Crippen molar-refractivity contribution in [2.24, 2.45) is 17.6 Å². The van der Waals surface area contributed by atoms with Gasteiger partial charge in [-0.2, -0.15) is 0 Å². The number of rotatable bonds is 5. The number of halogens is 1. The monoisotopic (exact) mass is 339 g/mol. The summed E-state index contributed by atoms with van der Waals surface area (Å²) in [5, 5.41) is 18.1. The Morgan fingerprint density at radius 2 is 1.91 bits per heavy atom. The van der Waals surface area contributed by atoms with Crippen molar-refractivity contribution in [3.05, 3.63) is 35.9 Å². The summed E-state index contributed by atoms with van der Waals surface area (Å²) in [6, 6.07) is 9.54. The van der Waals surface area contributed by atoms with Gasteiger partial charge < -0.3 is 15.9 Å². The number of aliphatic carboxylic acids is 2. The largest absolute Gasteiger partial charge is 0.480 e. The lowest BCUT2D eigenvalue weighted by Gasteiger charge is -2.33. The number of thioether (sulfide) groups is 1. The SMILES string of the molecule is CC(S[C@@H]1C[C@@H]2[C@H]([C@]1(N)C(=O)O)[C@@]2(F)C(=O)O)c1ccccc1. The van der Waals surface area contributed by atoms with Crippen molar-refractivity contribution in [1.82, 2.24) is 0 Å². The van der Waals surface area contributed by atoms with Crippen molar-refractivity contribution >= 4 is 23.7 Å². The van der Waals surface area contributed by atoms with E-state index in [4.69, 9.17) is 10.8 Å². The molecule has 7 heteroatoms. The first kappa shape index (κ1) is 16.3. The fourth-order valence-electron chi connectivity index (χ4n) is 3.82. The fourth-order valence-corrected chi connectivity index (χ4v) is 5.42. The van der Waals surface area contributed by atoms with Crippen molar-refractivity contribution in [2.75, 3.05) is 0 Å². The number of fused-ring (bicyclic) bond motifs is 1. The van der Waals surface area contributed by atoms with Gasteiger partial charge in [0.25, 0.3) is 0 Å². The standard InChI is InChI=1S/C16H18FNO4S/c1-8(9-5-3-2-4-6-9)23-11-7-10-12(15(10,17)13(19)20)16(11,18)14(21)22/h2-6,8,10-12H,7,18H2,1H3,(H,19,20)(H,21,22)/t8?,10-,11-,12+,15-,16+/m1/s1. The first-order valence-corrected chi connectivity index (χ1v) is 8.33. The van der Waals surface area contributed by atoms with Crippen LogP contribution in [0.15, 0.2) is 30.3 Å². The van der Waals surface area contributed by atoms with E-state index in [9.17, 15) is 19.1 Å². The van der Waals surface area contributed by atoms with Crippen LogP contribution in [0.3, 0.4) is 0 Å². The Bertz CT molecular complexity index is 657. The summed E-state index contributed by atoms with van der Waals surface area (Å²) in [6.07, 6.45) is 0.165. The normalized spacial score (nSPS) is 39.5. The highest BCUT2D eigenvalue weighted by Gasteiger charge is 2.84. The van der Waals surface area contributed by atoms with Crippen LogP contribution in [-0.4, -0.2) is 38.6 Å². The molecule has 0 aliphatic heterocycles. The van der Waals surface area contributed by atoms with Gasteiger partial charge in [0.1, 0.15) is 5.54 Å². The average Bonchev–Trinajstić information content (AvgIpc) is 2.99. The van der Waals surface area contributed by atoms with Gasteiger partial charge in [0.15, 0.2) is 0 Å². The number of alkyl halides is 1. The van der Waals surface area contributed by atoms with E-state index in [0.717, 1.165) is 5.56 Å². The molecule has 1 aromatic carbocycles. The molecule has 0 aromatic heterocycles. The maximum absolute atomic E-state index is 14.5. The Hall–Kier alpha value is -1.60. The minimum absolute atomic E-state index is 0.0141. The molecule has 2 aliphatic carbocycles. The van der Waals surface area contributed by atoms with Gasteiger partial charge in [-0.15, -0.1) is 11.8 Å². The third kappa shape index (κ3) is 2.17. The maximum Gasteiger partial charge on any atom is 0.342 e. The van der Waals surface area contributed by atoms with E-state index < -0.39 is 40.2 Å². The molecular formula is C16H18FNO4S. The van der Waals surface area contributed by atoms with Crippen molar-refractivity contribution in [3.8, 4) is 0 Å². The third-order valence-corrected chi connectivity index (χ3v) is 6.73. The number of hydrogen-bond donors (Lipinski definition) is 3. The summed E-state index contributed by atoms with van der Waals surface area (Å²) in [6.45, 7) is 1.94. The molecule has 1 aromatic rings. The first-order valence-electron chi connectivity index (χ1n) is 7.39. The highest BCUT2D eigenvalue weighted by molar-refractivity contribution is 8.00. The van der Waals surface area contributed by atoms with Gasteiger partial charge in [-0.1, -0.05) is 30.3 Å². The molecule has 2 fully saturated rings. The van der Waals surface area contributed by atoms with E-state index >= 15 is 0 Å². The van der Waals surface area contributed by atoms with Gasteiger partial charge in [0.2, 0.25) is 5.67 Å². The summed E-state index contributed by atoms with van der Waals surface area (Å²) < 4.78 is 14.5. The van der Waals surface area contributed by atoms with Crippen LogP contribution in [-0.2, 0) is 9.59 Å². The topological polar surface area (TPSA) is 101 Å². The smallest absolute Gasteiger partial charge is 0.342 e. The maximum atomic E-state index is 14.5. The first-order chi connectivity index (χ1) is 10.7. The summed E-state index contributed by atoms with van der Waals surface area (Å²) >= 11 is 1.38. The molecular weight excluding hydrogens is 321 g/mol. The molecule has 2 saturated carbocycles.